The van der Waals surface area contributed by atoms with Crippen molar-refractivity contribution in [2.24, 2.45) is 5.73 Å². The van der Waals surface area contributed by atoms with Crippen LogP contribution >= 0.6 is 0 Å². The van der Waals surface area contributed by atoms with E-state index in [-0.39, 0.29) is 12.0 Å². The Morgan fingerprint density at radius 3 is 2.33 bits per heavy atom. The Balaban J connectivity index is 3.13. The molecule has 0 heterocycles. The predicted octanol–water partition coefficient (Wildman–Crippen LogP) is 2.79. The monoisotopic (exact) mass is 221 g/mol. The molecule has 0 radical (unpaired) electrons. The van der Waals surface area contributed by atoms with E-state index in [2.05, 4.69) is 0 Å². The quantitative estimate of drug-likeness (QED) is 0.780. The van der Waals surface area contributed by atoms with E-state index in [4.69, 9.17) is 5.73 Å². The zero-order valence-corrected chi connectivity index (χ0v) is 8.11. The van der Waals surface area contributed by atoms with Gasteiger partial charge in [0, 0.05) is 11.6 Å². The fourth-order valence-electron chi connectivity index (χ4n) is 1.29. The number of hydrogen-bond donors (Lipinski definition) is 1. The summed E-state index contributed by atoms with van der Waals surface area (Å²) in [4.78, 5) is 0. The lowest BCUT2D eigenvalue weighted by atomic mass is 10.0. The van der Waals surface area contributed by atoms with Gasteiger partial charge < -0.3 is 5.73 Å². The first kappa shape index (κ1) is 12.0. The maximum absolute atomic E-state index is 13.1. The summed E-state index contributed by atoms with van der Waals surface area (Å²) >= 11 is 0. The minimum absolute atomic E-state index is 0.0311. The molecule has 0 bridgehead atoms. The average molecular weight is 221 g/mol. The van der Waals surface area contributed by atoms with E-state index in [9.17, 15) is 17.6 Å². The van der Waals surface area contributed by atoms with Crippen LogP contribution in [0.4, 0.5) is 17.6 Å². The molecule has 0 aliphatic rings. The van der Waals surface area contributed by atoms with Gasteiger partial charge in [0.2, 0.25) is 0 Å². The van der Waals surface area contributed by atoms with E-state index < -0.39 is 29.7 Å². The van der Waals surface area contributed by atoms with Crippen LogP contribution in [0.2, 0.25) is 0 Å². The zero-order chi connectivity index (χ0) is 11.6. The lowest BCUT2D eigenvalue weighted by Gasteiger charge is -2.09. The molecule has 2 N–H and O–H groups in total. The first-order valence-corrected chi connectivity index (χ1v) is 4.43. The van der Waals surface area contributed by atoms with E-state index in [0.29, 0.717) is 6.07 Å². The fraction of sp³-hybridized carbons (Fsp3) is 0.400. The molecule has 1 unspecified atom stereocenters. The molecule has 0 aliphatic heterocycles. The molecule has 0 aliphatic carbocycles. The topological polar surface area (TPSA) is 26.0 Å². The molecular formula is C10H11F4N. The molecule has 1 nitrogen and oxygen atoms in total. The molecule has 5 heteroatoms. The van der Waals surface area contributed by atoms with Gasteiger partial charge in [-0.05, 0) is 31.0 Å². The molecule has 1 aromatic rings. The first-order chi connectivity index (χ1) is 6.91. The highest BCUT2D eigenvalue weighted by Crippen LogP contribution is 2.24. The Morgan fingerprint density at radius 2 is 1.87 bits per heavy atom. The van der Waals surface area contributed by atoms with Crippen LogP contribution in [0.5, 0.6) is 0 Å². The SMILES string of the molecule is CC(N)Cc1cc(C(F)F)cc(F)c1F. The molecule has 1 aromatic carbocycles. The molecule has 0 saturated heterocycles. The molecule has 0 saturated carbocycles. The summed E-state index contributed by atoms with van der Waals surface area (Å²) in [7, 11) is 0. The van der Waals surface area contributed by atoms with Crippen molar-refractivity contribution < 1.29 is 17.6 Å². The number of hydrogen-bond acceptors (Lipinski definition) is 1. The second-order valence-electron chi connectivity index (χ2n) is 3.46. The summed E-state index contributed by atoms with van der Waals surface area (Å²) in [6, 6.07) is 1.05. The maximum Gasteiger partial charge on any atom is 0.263 e. The van der Waals surface area contributed by atoms with Crippen LogP contribution in [-0.2, 0) is 6.42 Å². The van der Waals surface area contributed by atoms with Crippen LogP contribution < -0.4 is 5.73 Å². The number of nitrogens with two attached hydrogens (primary N) is 1. The third-order valence-electron chi connectivity index (χ3n) is 1.92. The van der Waals surface area contributed by atoms with Gasteiger partial charge in [0.05, 0.1) is 0 Å². The van der Waals surface area contributed by atoms with Gasteiger partial charge in [-0.1, -0.05) is 0 Å². The van der Waals surface area contributed by atoms with Gasteiger partial charge in [-0.15, -0.1) is 0 Å². The van der Waals surface area contributed by atoms with Crippen molar-refractivity contribution in [2.75, 3.05) is 0 Å². The smallest absolute Gasteiger partial charge is 0.263 e. The number of alkyl halides is 2. The van der Waals surface area contributed by atoms with Crippen molar-refractivity contribution in [3.05, 3.63) is 34.9 Å². The largest absolute Gasteiger partial charge is 0.328 e. The molecule has 0 spiro atoms. The van der Waals surface area contributed by atoms with Crippen LogP contribution in [0.25, 0.3) is 0 Å². The molecule has 1 rings (SSSR count). The second-order valence-corrected chi connectivity index (χ2v) is 3.46. The van der Waals surface area contributed by atoms with Gasteiger partial charge in [0.15, 0.2) is 11.6 Å². The van der Waals surface area contributed by atoms with Gasteiger partial charge in [0.1, 0.15) is 0 Å². The Hall–Kier alpha value is -1.10. The summed E-state index contributed by atoms with van der Waals surface area (Å²) in [5.41, 5.74) is 4.76. The van der Waals surface area contributed by atoms with Gasteiger partial charge >= 0.3 is 0 Å². The molecule has 15 heavy (non-hydrogen) atoms. The molecule has 0 aromatic heterocycles. The Kier molecular flexibility index (Phi) is 3.68. The van der Waals surface area contributed by atoms with Crippen molar-refractivity contribution in [1.29, 1.82) is 0 Å². The standard InChI is InChI=1S/C10H11F4N/c1-5(15)2-6-3-7(10(13)14)4-8(11)9(6)12/h3-5,10H,2,15H2,1H3. The minimum Gasteiger partial charge on any atom is -0.328 e. The average Bonchev–Trinajstić information content (AvgIpc) is 2.11. The van der Waals surface area contributed by atoms with Crippen molar-refractivity contribution >= 4 is 0 Å². The maximum atomic E-state index is 13.1. The zero-order valence-electron chi connectivity index (χ0n) is 8.11. The summed E-state index contributed by atoms with van der Waals surface area (Å²) in [5.74, 6) is -2.36. The van der Waals surface area contributed by atoms with E-state index in [1.54, 1.807) is 6.92 Å². The third-order valence-corrected chi connectivity index (χ3v) is 1.92. The van der Waals surface area contributed by atoms with E-state index in [0.717, 1.165) is 6.07 Å². The van der Waals surface area contributed by atoms with Gasteiger partial charge in [-0.2, -0.15) is 0 Å². The molecule has 84 valence electrons. The van der Waals surface area contributed by atoms with Crippen molar-refractivity contribution in [2.45, 2.75) is 25.8 Å². The van der Waals surface area contributed by atoms with E-state index >= 15 is 0 Å². The molecule has 0 amide bonds. The first-order valence-electron chi connectivity index (χ1n) is 4.43. The Labute approximate surface area is 84.9 Å². The summed E-state index contributed by atoms with van der Waals surface area (Å²) in [6.07, 6.45) is -2.78. The normalized spacial score (nSPS) is 13.3. The lowest BCUT2D eigenvalue weighted by molar-refractivity contribution is 0.150. The number of benzene rings is 1. The van der Waals surface area contributed by atoms with Gasteiger partial charge in [-0.25, -0.2) is 17.6 Å². The van der Waals surface area contributed by atoms with Crippen LogP contribution in [0, 0.1) is 11.6 Å². The summed E-state index contributed by atoms with van der Waals surface area (Å²) in [5, 5.41) is 0. The lowest BCUT2D eigenvalue weighted by Crippen LogP contribution is -2.19. The highest BCUT2D eigenvalue weighted by molar-refractivity contribution is 5.27. The highest BCUT2D eigenvalue weighted by Gasteiger charge is 2.16. The van der Waals surface area contributed by atoms with E-state index in [1.165, 1.54) is 0 Å². The van der Waals surface area contributed by atoms with Gasteiger partial charge in [0.25, 0.3) is 6.43 Å². The Bertz CT molecular complexity index is 350. The van der Waals surface area contributed by atoms with Crippen molar-refractivity contribution in [3.8, 4) is 0 Å². The highest BCUT2D eigenvalue weighted by atomic mass is 19.3. The molecule has 0 fully saturated rings. The van der Waals surface area contributed by atoms with E-state index in [1.807, 2.05) is 0 Å². The fourth-order valence-corrected chi connectivity index (χ4v) is 1.29. The molecule has 1 atom stereocenters. The molecular weight excluding hydrogens is 210 g/mol. The number of rotatable bonds is 3. The predicted molar refractivity (Wildman–Crippen MR) is 48.7 cm³/mol. The number of halogens is 4. The van der Waals surface area contributed by atoms with Crippen molar-refractivity contribution in [1.82, 2.24) is 0 Å². The second kappa shape index (κ2) is 4.61. The van der Waals surface area contributed by atoms with Crippen LogP contribution in [-0.4, -0.2) is 6.04 Å². The van der Waals surface area contributed by atoms with Crippen molar-refractivity contribution in [3.63, 3.8) is 0 Å². The third kappa shape index (κ3) is 2.92. The van der Waals surface area contributed by atoms with Crippen LogP contribution in [0.15, 0.2) is 12.1 Å². The summed E-state index contributed by atoms with van der Waals surface area (Å²) < 4.78 is 50.6. The van der Waals surface area contributed by atoms with Crippen LogP contribution in [0.3, 0.4) is 0 Å². The van der Waals surface area contributed by atoms with Crippen LogP contribution in [0.1, 0.15) is 24.5 Å². The Morgan fingerprint density at radius 1 is 1.27 bits per heavy atom. The summed E-state index contributed by atoms with van der Waals surface area (Å²) in [6.45, 7) is 1.59. The van der Waals surface area contributed by atoms with Gasteiger partial charge in [-0.3, -0.25) is 0 Å². The minimum atomic E-state index is -2.81.